The molecule has 0 radical (unpaired) electrons. The van der Waals surface area contributed by atoms with Gasteiger partial charge in [-0.3, -0.25) is 4.79 Å². The van der Waals surface area contributed by atoms with Crippen molar-refractivity contribution in [3.8, 4) is 16.3 Å². The second kappa shape index (κ2) is 7.94. The van der Waals surface area contributed by atoms with E-state index >= 15 is 0 Å². The Balaban J connectivity index is 1.58. The van der Waals surface area contributed by atoms with Crippen molar-refractivity contribution in [2.75, 3.05) is 12.4 Å². The number of nitrogens with zero attached hydrogens (tertiary/aromatic N) is 1. The van der Waals surface area contributed by atoms with Crippen LogP contribution in [0.2, 0.25) is 0 Å². The highest BCUT2D eigenvalue weighted by Gasteiger charge is 2.09. The van der Waals surface area contributed by atoms with Crippen molar-refractivity contribution in [2.24, 2.45) is 0 Å². The number of benzene rings is 2. The summed E-state index contributed by atoms with van der Waals surface area (Å²) in [7, 11) is 1.65. The molecule has 5 heteroatoms. The third-order valence-electron chi connectivity index (χ3n) is 3.92. The van der Waals surface area contributed by atoms with Crippen LogP contribution in [0.1, 0.15) is 17.7 Å². The van der Waals surface area contributed by atoms with Gasteiger partial charge in [0.05, 0.1) is 12.8 Å². The lowest BCUT2D eigenvalue weighted by atomic mass is 10.2. The van der Waals surface area contributed by atoms with Crippen LogP contribution in [-0.2, 0) is 11.2 Å². The topological polar surface area (TPSA) is 51.2 Å². The van der Waals surface area contributed by atoms with Gasteiger partial charge in [-0.1, -0.05) is 18.2 Å². The number of methoxy groups -OCH3 is 1. The van der Waals surface area contributed by atoms with E-state index in [9.17, 15) is 4.79 Å². The van der Waals surface area contributed by atoms with Crippen molar-refractivity contribution in [1.82, 2.24) is 4.98 Å². The molecule has 3 aromatic rings. The number of carbonyl (C=O) groups excluding carboxylic acids is 1. The molecule has 1 N–H and O–H groups in total. The Morgan fingerprint density at radius 3 is 2.64 bits per heavy atom. The highest BCUT2D eigenvalue weighted by Crippen LogP contribution is 2.26. The molecule has 2 aromatic carbocycles. The van der Waals surface area contributed by atoms with Gasteiger partial charge >= 0.3 is 0 Å². The second-order valence-electron chi connectivity index (χ2n) is 5.74. The van der Waals surface area contributed by atoms with Crippen molar-refractivity contribution in [3.05, 3.63) is 65.2 Å². The molecule has 0 bridgehead atoms. The quantitative estimate of drug-likeness (QED) is 0.700. The summed E-state index contributed by atoms with van der Waals surface area (Å²) >= 11 is 1.59. The van der Waals surface area contributed by atoms with Crippen molar-refractivity contribution in [3.63, 3.8) is 0 Å². The summed E-state index contributed by atoms with van der Waals surface area (Å²) in [5.41, 5.74) is 3.92. The predicted octanol–water partition coefficient (Wildman–Crippen LogP) is 4.70. The third kappa shape index (κ3) is 4.45. The van der Waals surface area contributed by atoms with E-state index in [0.29, 0.717) is 12.8 Å². The molecule has 0 fully saturated rings. The van der Waals surface area contributed by atoms with Crippen LogP contribution >= 0.6 is 11.3 Å². The Bertz CT molecular complexity index is 856. The summed E-state index contributed by atoms with van der Waals surface area (Å²) < 4.78 is 5.17. The molecule has 0 spiro atoms. The van der Waals surface area contributed by atoms with E-state index in [2.05, 4.69) is 10.3 Å². The third-order valence-corrected chi connectivity index (χ3v) is 4.86. The average Bonchev–Trinajstić information content (AvgIpc) is 3.11. The molecule has 1 heterocycles. The number of aryl methyl sites for hydroxylation is 2. The highest BCUT2D eigenvalue weighted by atomic mass is 32.1. The highest BCUT2D eigenvalue weighted by molar-refractivity contribution is 7.13. The number of anilines is 1. The van der Waals surface area contributed by atoms with Crippen LogP contribution in [-0.4, -0.2) is 18.0 Å². The summed E-state index contributed by atoms with van der Waals surface area (Å²) in [6.45, 7) is 1.98. The molecule has 25 heavy (non-hydrogen) atoms. The van der Waals surface area contributed by atoms with Crippen LogP contribution in [0.5, 0.6) is 5.75 Å². The Morgan fingerprint density at radius 2 is 1.92 bits per heavy atom. The fourth-order valence-electron chi connectivity index (χ4n) is 2.46. The Labute approximate surface area is 151 Å². The lowest BCUT2D eigenvalue weighted by Gasteiger charge is -2.07. The molecule has 4 nitrogen and oxygen atoms in total. The molecule has 0 aliphatic heterocycles. The molecule has 1 aromatic heterocycles. The van der Waals surface area contributed by atoms with Crippen LogP contribution in [0.4, 0.5) is 5.69 Å². The minimum atomic E-state index is 0.00768. The standard InChI is InChI=1S/C20H20N2O2S/c1-14-5-3-4-6-18(14)22-19(23)12-9-16-13-25-20(21-16)15-7-10-17(24-2)11-8-15/h3-8,10-11,13H,9,12H2,1-2H3,(H,22,23). The Morgan fingerprint density at radius 1 is 1.16 bits per heavy atom. The van der Waals surface area contributed by atoms with Crippen LogP contribution in [0, 0.1) is 6.92 Å². The molecule has 0 saturated heterocycles. The number of ether oxygens (including phenoxy) is 1. The van der Waals surface area contributed by atoms with E-state index in [-0.39, 0.29) is 5.91 Å². The van der Waals surface area contributed by atoms with Gasteiger partial charge in [-0.25, -0.2) is 4.98 Å². The van der Waals surface area contributed by atoms with Gasteiger partial charge in [0.2, 0.25) is 5.91 Å². The first kappa shape index (κ1) is 17.2. The Kier molecular flexibility index (Phi) is 5.46. The first-order valence-electron chi connectivity index (χ1n) is 8.10. The SMILES string of the molecule is COc1ccc(-c2nc(CCC(=O)Nc3ccccc3C)cs2)cc1. The average molecular weight is 352 g/mol. The maximum absolute atomic E-state index is 12.1. The predicted molar refractivity (Wildman–Crippen MR) is 102 cm³/mol. The zero-order chi connectivity index (χ0) is 17.6. The van der Waals surface area contributed by atoms with Gasteiger partial charge in [0, 0.05) is 23.1 Å². The van der Waals surface area contributed by atoms with Gasteiger partial charge in [-0.2, -0.15) is 0 Å². The maximum atomic E-state index is 12.1. The van der Waals surface area contributed by atoms with Crippen molar-refractivity contribution >= 4 is 22.9 Å². The van der Waals surface area contributed by atoms with Gasteiger partial charge in [-0.05, 0) is 49.2 Å². The summed E-state index contributed by atoms with van der Waals surface area (Å²) in [5, 5.41) is 5.92. The molecular weight excluding hydrogens is 332 g/mol. The molecule has 0 saturated carbocycles. The molecule has 1 amide bonds. The van der Waals surface area contributed by atoms with E-state index in [4.69, 9.17) is 4.74 Å². The summed E-state index contributed by atoms with van der Waals surface area (Å²) in [4.78, 5) is 16.8. The van der Waals surface area contributed by atoms with Crippen LogP contribution in [0.3, 0.4) is 0 Å². The van der Waals surface area contributed by atoms with E-state index in [1.807, 2.05) is 60.8 Å². The van der Waals surface area contributed by atoms with Crippen molar-refractivity contribution in [1.29, 1.82) is 0 Å². The molecule has 0 aliphatic rings. The fourth-order valence-corrected chi connectivity index (χ4v) is 3.32. The molecule has 0 unspecified atom stereocenters. The summed E-state index contributed by atoms with van der Waals surface area (Å²) in [6, 6.07) is 15.6. The number of nitrogens with one attached hydrogen (secondary N) is 1. The van der Waals surface area contributed by atoms with Crippen LogP contribution in [0.15, 0.2) is 53.9 Å². The molecule has 0 aliphatic carbocycles. The molecular formula is C20H20N2O2S. The van der Waals surface area contributed by atoms with E-state index in [1.54, 1.807) is 18.4 Å². The van der Waals surface area contributed by atoms with Gasteiger partial charge in [0.1, 0.15) is 10.8 Å². The summed E-state index contributed by atoms with van der Waals surface area (Å²) in [5.74, 6) is 0.835. The number of carbonyl (C=O) groups is 1. The minimum Gasteiger partial charge on any atom is -0.497 e. The van der Waals surface area contributed by atoms with Crippen molar-refractivity contribution in [2.45, 2.75) is 19.8 Å². The van der Waals surface area contributed by atoms with E-state index < -0.39 is 0 Å². The molecule has 0 atom stereocenters. The van der Waals surface area contributed by atoms with Crippen LogP contribution < -0.4 is 10.1 Å². The zero-order valence-corrected chi connectivity index (χ0v) is 15.1. The second-order valence-corrected chi connectivity index (χ2v) is 6.59. The smallest absolute Gasteiger partial charge is 0.224 e. The van der Waals surface area contributed by atoms with Crippen LogP contribution in [0.25, 0.3) is 10.6 Å². The number of thiazole rings is 1. The van der Waals surface area contributed by atoms with E-state index in [0.717, 1.165) is 33.3 Å². The normalized spacial score (nSPS) is 10.5. The molecule has 128 valence electrons. The fraction of sp³-hybridized carbons (Fsp3) is 0.200. The number of hydrogen-bond acceptors (Lipinski definition) is 4. The number of amides is 1. The minimum absolute atomic E-state index is 0.00768. The zero-order valence-electron chi connectivity index (χ0n) is 14.3. The number of hydrogen-bond donors (Lipinski definition) is 1. The number of rotatable bonds is 6. The van der Waals surface area contributed by atoms with Gasteiger partial charge in [0.25, 0.3) is 0 Å². The lowest BCUT2D eigenvalue weighted by Crippen LogP contribution is -2.13. The maximum Gasteiger partial charge on any atom is 0.224 e. The number of para-hydroxylation sites is 1. The summed E-state index contributed by atoms with van der Waals surface area (Å²) in [6.07, 6.45) is 1.05. The first-order valence-corrected chi connectivity index (χ1v) is 8.98. The largest absolute Gasteiger partial charge is 0.497 e. The number of aromatic nitrogens is 1. The molecule has 3 rings (SSSR count). The monoisotopic (exact) mass is 352 g/mol. The Hall–Kier alpha value is -2.66. The van der Waals surface area contributed by atoms with Gasteiger partial charge < -0.3 is 10.1 Å². The van der Waals surface area contributed by atoms with E-state index in [1.165, 1.54) is 0 Å². The van der Waals surface area contributed by atoms with Crippen molar-refractivity contribution < 1.29 is 9.53 Å². The first-order chi connectivity index (χ1) is 12.2. The lowest BCUT2D eigenvalue weighted by molar-refractivity contribution is -0.116. The van der Waals surface area contributed by atoms with Gasteiger partial charge in [0.15, 0.2) is 0 Å². The van der Waals surface area contributed by atoms with Gasteiger partial charge in [-0.15, -0.1) is 11.3 Å².